The minimum Gasteiger partial charge on any atom is -0.504 e. The standard InChI is InChI=1S/C12H16BrNO4.ClH/c1-3-18-12(16)7-14-6-8-4-10(15)11(17-2)5-9(8)13;/h4-5,14-15H,3,6-7H2,1-2H3;1H. The summed E-state index contributed by atoms with van der Waals surface area (Å²) >= 11 is 3.37. The Labute approximate surface area is 126 Å². The van der Waals surface area contributed by atoms with Crippen LogP contribution < -0.4 is 10.1 Å². The molecule has 0 unspecified atom stereocenters. The smallest absolute Gasteiger partial charge is 0.319 e. The van der Waals surface area contributed by atoms with Crippen LogP contribution in [-0.4, -0.2) is 31.3 Å². The van der Waals surface area contributed by atoms with E-state index in [1.54, 1.807) is 19.1 Å². The van der Waals surface area contributed by atoms with Crippen molar-refractivity contribution in [2.75, 3.05) is 20.3 Å². The maximum Gasteiger partial charge on any atom is 0.319 e. The van der Waals surface area contributed by atoms with Gasteiger partial charge in [0.25, 0.3) is 0 Å². The van der Waals surface area contributed by atoms with Crippen LogP contribution >= 0.6 is 28.3 Å². The molecule has 0 saturated heterocycles. The molecule has 1 rings (SSSR count). The molecular weight excluding hydrogens is 337 g/mol. The Morgan fingerprint density at radius 2 is 2.16 bits per heavy atom. The number of rotatable bonds is 6. The summed E-state index contributed by atoms with van der Waals surface area (Å²) in [5.41, 5.74) is 0.831. The third-order valence-electron chi connectivity index (χ3n) is 2.24. The molecule has 2 N–H and O–H groups in total. The molecule has 0 saturated carbocycles. The third-order valence-corrected chi connectivity index (χ3v) is 2.98. The van der Waals surface area contributed by atoms with Crippen molar-refractivity contribution >= 4 is 34.3 Å². The number of nitrogens with one attached hydrogen (secondary N) is 1. The van der Waals surface area contributed by atoms with Gasteiger partial charge < -0.3 is 19.9 Å². The first-order valence-electron chi connectivity index (χ1n) is 5.50. The number of halogens is 2. The zero-order chi connectivity index (χ0) is 13.5. The first kappa shape index (κ1) is 18.0. The van der Waals surface area contributed by atoms with E-state index in [4.69, 9.17) is 9.47 Å². The van der Waals surface area contributed by atoms with E-state index in [1.165, 1.54) is 7.11 Å². The molecule has 0 aromatic heterocycles. The summed E-state index contributed by atoms with van der Waals surface area (Å²) < 4.78 is 10.6. The molecular formula is C12H17BrClNO4. The van der Waals surface area contributed by atoms with Gasteiger partial charge in [-0.1, -0.05) is 15.9 Å². The maximum absolute atomic E-state index is 11.1. The lowest BCUT2D eigenvalue weighted by atomic mass is 10.2. The second-order valence-electron chi connectivity index (χ2n) is 3.52. The number of carbonyl (C=O) groups is 1. The van der Waals surface area contributed by atoms with Crippen LogP contribution in [0.3, 0.4) is 0 Å². The lowest BCUT2D eigenvalue weighted by Crippen LogP contribution is -2.24. The number of aromatic hydroxyl groups is 1. The molecule has 0 aliphatic rings. The van der Waals surface area contributed by atoms with Crippen LogP contribution in [0.2, 0.25) is 0 Å². The highest BCUT2D eigenvalue weighted by Gasteiger charge is 2.08. The number of phenols is 1. The Morgan fingerprint density at radius 1 is 1.47 bits per heavy atom. The zero-order valence-corrected chi connectivity index (χ0v) is 13.1. The molecule has 7 heteroatoms. The van der Waals surface area contributed by atoms with Crippen LogP contribution in [0, 0.1) is 0 Å². The monoisotopic (exact) mass is 353 g/mol. The van der Waals surface area contributed by atoms with Gasteiger partial charge in [-0.3, -0.25) is 4.79 Å². The Morgan fingerprint density at radius 3 is 2.74 bits per heavy atom. The summed E-state index contributed by atoms with van der Waals surface area (Å²) in [5.74, 6) is 0.163. The van der Waals surface area contributed by atoms with Crippen LogP contribution in [-0.2, 0) is 16.1 Å². The van der Waals surface area contributed by atoms with E-state index in [-0.39, 0.29) is 30.7 Å². The minimum atomic E-state index is -0.300. The fourth-order valence-electron chi connectivity index (χ4n) is 1.40. The molecule has 0 spiro atoms. The van der Waals surface area contributed by atoms with Crippen LogP contribution in [0.4, 0.5) is 0 Å². The molecule has 0 radical (unpaired) electrons. The highest BCUT2D eigenvalue weighted by molar-refractivity contribution is 9.10. The van der Waals surface area contributed by atoms with Gasteiger partial charge in [0.1, 0.15) is 0 Å². The highest BCUT2D eigenvalue weighted by atomic mass is 79.9. The van der Waals surface area contributed by atoms with Crippen molar-refractivity contribution in [1.82, 2.24) is 5.32 Å². The Bertz CT molecular complexity index is 428. The topological polar surface area (TPSA) is 67.8 Å². The summed E-state index contributed by atoms with van der Waals surface area (Å²) in [5, 5.41) is 12.6. The average molecular weight is 355 g/mol. The first-order chi connectivity index (χ1) is 8.58. The summed E-state index contributed by atoms with van der Waals surface area (Å²) in [7, 11) is 1.49. The van der Waals surface area contributed by atoms with Crippen LogP contribution in [0.5, 0.6) is 11.5 Å². The van der Waals surface area contributed by atoms with Gasteiger partial charge in [0.2, 0.25) is 0 Å². The van der Waals surface area contributed by atoms with Crippen molar-refractivity contribution < 1.29 is 19.4 Å². The van der Waals surface area contributed by atoms with E-state index < -0.39 is 0 Å². The minimum absolute atomic E-state index is 0. The number of hydrogen-bond acceptors (Lipinski definition) is 5. The van der Waals surface area contributed by atoms with Gasteiger partial charge in [-0.05, 0) is 24.6 Å². The predicted molar refractivity (Wildman–Crippen MR) is 77.9 cm³/mol. The van der Waals surface area contributed by atoms with Crippen LogP contribution in [0.25, 0.3) is 0 Å². The largest absolute Gasteiger partial charge is 0.504 e. The second-order valence-corrected chi connectivity index (χ2v) is 4.38. The van der Waals surface area contributed by atoms with Gasteiger partial charge in [-0.2, -0.15) is 0 Å². The lowest BCUT2D eigenvalue weighted by molar-refractivity contribution is -0.142. The molecule has 0 bridgehead atoms. The van der Waals surface area contributed by atoms with Crippen molar-refractivity contribution in [1.29, 1.82) is 0 Å². The summed E-state index contributed by atoms with van der Waals surface area (Å²) in [6, 6.07) is 3.26. The third kappa shape index (κ3) is 5.67. The number of ether oxygens (including phenoxy) is 2. The van der Waals surface area contributed by atoms with Crippen molar-refractivity contribution in [2.45, 2.75) is 13.5 Å². The van der Waals surface area contributed by atoms with Crippen molar-refractivity contribution in [2.24, 2.45) is 0 Å². The number of hydrogen-bond donors (Lipinski definition) is 2. The van der Waals surface area contributed by atoms with Gasteiger partial charge in [0.15, 0.2) is 11.5 Å². The van der Waals surface area contributed by atoms with E-state index in [1.807, 2.05) is 0 Å². The Hall–Kier alpha value is -0.980. The Balaban J connectivity index is 0.00000324. The zero-order valence-electron chi connectivity index (χ0n) is 10.7. The molecule has 108 valence electrons. The molecule has 1 aromatic rings. The fourth-order valence-corrected chi connectivity index (χ4v) is 1.86. The number of benzene rings is 1. The average Bonchev–Trinajstić information content (AvgIpc) is 2.33. The number of esters is 1. The SMILES string of the molecule is CCOC(=O)CNCc1cc(O)c(OC)cc1Br.Cl. The van der Waals surface area contributed by atoms with Gasteiger partial charge in [0, 0.05) is 11.0 Å². The molecule has 0 heterocycles. The molecule has 1 aromatic carbocycles. The van der Waals surface area contributed by atoms with Crippen molar-refractivity contribution in [3.05, 3.63) is 22.2 Å². The second kappa shape index (κ2) is 9.01. The van der Waals surface area contributed by atoms with Crippen LogP contribution in [0.1, 0.15) is 12.5 Å². The summed E-state index contributed by atoms with van der Waals surface area (Å²) in [4.78, 5) is 11.1. The number of methoxy groups -OCH3 is 1. The molecule has 0 atom stereocenters. The maximum atomic E-state index is 11.1. The van der Waals surface area contributed by atoms with E-state index in [0.29, 0.717) is 18.9 Å². The molecule has 0 aliphatic carbocycles. The molecule has 19 heavy (non-hydrogen) atoms. The molecule has 0 fully saturated rings. The number of phenolic OH excluding ortho intramolecular Hbond substituents is 1. The van der Waals surface area contributed by atoms with E-state index in [0.717, 1.165) is 10.0 Å². The van der Waals surface area contributed by atoms with Crippen LogP contribution in [0.15, 0.2) is 16.6 Å². The van der Waals surface area contributed by atoms with Crippen molar-refractivity contribution in [3.8, 4) is 11.5 Å². The van der Waals surface area contributed by atoms with E-state index in [9.17, 15) is 9.90 Å². The lowest BCUT2D eigenvalue weighted by Gasteiger charge is -2.10. The van der Waals surface area contributed by atoms with Crippen molar-refractivity contribution in [3.63, 3.8) is 0 Å². The first-order valence-corrected chi connectivity index (χ1v) is 6.29. The van der Waals surface area contributed by atoms with Gasteiger partial charge in [-0.25, -0.2) is 0 Å². The fraction of sp³-hybridized carbons (Fsp3) is 0.417. The molecule has 0 aliphatic heterocycles. The van der Waals surface area contributed by atoms with E-state index >= 15 is 0 Å². The van der Waals surface area contributed by atoms with Gasteiger partial charge >= 0.3 is 5.97 Å². The quantitative estimate of drug-likeness (QED) is 0.767. The normalized spacial score (nSPS) is 9.63. The summed E-state index contributed by atoms with van der Waals surface area (Å²) in [6.45, 7) is 2.70. The van der Waals surface area contributed by atoms with Gasteiger partial charge in [-0.15, -0.1) is 12.4 Å². The molecule has 5 nitrogen and oxygen atoms in total. The van der Waals surface area contributed by atoms with E-state index in [2.05, 4.69) is 21.2 Å². The summed E-state index contributed by atoms with van der Waals surface area (Å²) in [6.07, 6.45) is 0. The number of carbonyl (C=O) groups excluding carboxylic acids is 1. The highest BCUT2D eigenvalue weighted by Crippen LogP contribution is 2.32. The molecule has 0 amide bonds. The van der Waals surface area contributed by atoms with Gasteiger partial charge in [0.05, 0.1) is 20.3 Å². The Kier molecular flexibility index (Phi) is 8.54. The predicted octanol–water partition coefficient (Wildman–Crippen LogP) is 2.24.